The Kier molecular flexibility index (Phi) is 3.06. The molecule has 2 bridgehead atoms. The number of alkyl halides is 2. The van der Waals surface area contributed by atoms with Gasteiger partial charge in [-0.1, -0.05) is 26.2 Å². The summed E-state index contributed by atoms with van der Waals surface area (Å²) in [6.07, 6.45) is 10.9. The van der Waals surface area contributed by atoms with E-state index < -0.39 is 0 Å². The lowest BCUT2D eigenvalue weighted by atomic mass is 9.33. The van der Waals surface area contributed by atoms with E-state index in [2.05, 4.69) is 6.92 Å². The van der Waals surface area contributed by atoms with E-state index >= 15 is 0 Å². The molecule has 14 heavy (non-hydrogen) atoms. The van der Waals surface area contributed by atoms with Crippen molar-refractivity contribution >= 4 is 23.2 Å². The Hall–Kier alpha value is 0.580. The minimum Gasteiger partial charge on any atom is -0.105 e. The zero-order valence-corrected chi connectivity index (χ0v) is 10.5. The molecule has 2 heteroatoms. The maximum absolute atomic E-state index is 5.84. The predicted molar refractivity (Wildman–Crippen MR) is 63.0 cm³/mol. The highest BCUT2D eigenvalue weighted by molar-refractivity contribution is 6.44. The summed E-state index contributed by atoms with van der Waals surface area (Å²) in [5.74, 6) is 0. The average Bonchev–Trinajstić information content (AvgIpc) is 1.97. The molecule has 0 saturated heterocycles. The Labute approximate surface area is 97.3 Å². The average molecular weight is 235 g/mol. The first-order valence-electron chi connectivity index (χ1n) is 5.88. The van der Waals surface area contributed by atoms with Crippen LogP contribution in [-0.2, 0) is 0 Å². The monoisotopic (exact) mass is 234 g/mol. The number of hydrogen-bond donors (Lipinski definition) is 0. The highest BCUT2D eigenvalue weighted by Gasteiger charge is 2.66. The molecule has 0 aromatic rings. The molecule has 0 N–H and O–H groups in total. The van der Waals surface area contributed by atoms with E-state index in [4.69, 9.17) is 23.2 Å². The van der Waals surface area contributed by atoms with Gasteiger partial charge in [-0.3, -0.25) is 0 Å². The first-order chi connectivity index (χ1) is 6.60. The first-order valence-corrected chi connectivity index (χ1v) is 6.75. The van der Waals surface area contributed by atoms with Crippen LogP contribution in [0, 0.1) is 10.8 Å². The maximum atomic E-state index is 5.84. The number of unbranched alkanes of at least 4 members (excludes halogenated alkanes) is 2. The molecule has 82 valence electrons. The molecule has 3 fully saturated rings. The smallest absolute Gasteiger partial charge is 0.105 e. The highest BCUT2D eigenvalue weighted by atomic mass is 35.5. The standard InChI is InChI=1S/C12H20Cl2/c1-2-3-4-5-11-7-12(8-11,9-11)6-10(13)14/h10H,2-9H2,1H3. The van der Waals surface area contributed by atoms with E-state index in [1.807, 2.05) is 0 Å². The molecule has 0 aromatic carbocycles. The molecule has 0 amide bonds. The first kappa shape index (κ1) is 11.1. The topological polar surface area (TPSA) is 0 Å². The molecule has 3 aliphatic rings. The van der Waals surface area contributed by atoms with E-state index in [-0.39, 0.29) is 4.84 Å². The van der Waals surface area contributed by atoms with E-state index in [0.29, 0.717) is 5.41 Å². The molecule has 3 saturated carbocycles. The number of rotatable bonds is 6. The van der Waals surface area contributed by atoms with Crippen LogP contribution in [0.3, 0.4) is 0 Å². The second-order valence-electron chi connectivity index (χ2n) is 5.58. The summed E-state index contributed by atoms with van der Waals surface area (Å²) in [5.41, 5.74) is 1.33. The van der Waals surface area contributed by atoms with Crippen LogP contribution in [0.2, 0.25) is 0 Å². The SMILES string of the molecule is CCCCCC12CC(CC(Cl)Cl)(C1)C2. The van der Waals surface area contributed by atoms with Gasteiger partial charge in [-0.05, 0) is 42.9 Å². The fourth-order valence-corrected chi connectivity index (χ4v) is 4.44. The van der Waals surface area contributed by atoms with Gasteiger partial charge in [-0.15, -0.1) is 23.2 Å². The maximum Gasteiger partial charge on any atom is 0.108 e. The molecule has 3 aliphatic carbocycles. The van der Waals surface area contributed by atoms with Crippen LogP contribution in [0.15, 0.2) is 0 Å². The minimum absolute atomic E-state index is 0.135. The van der Waals surface area contributed by atoms with Crippen molar-refractivity contribution < 1.29 is 0 Å². The van der Waals surface area contributed by atoms with Gasteiger partial charge in [0.15, 0.2) is 0 Å². The lowest BCUT2D eigenvalue weighted by Crippen LogP contribution is -2.61. The van der Waals surface area contributed by atoms with Gasteiger partial charge < -0.3 is 0 Å². The van der Waals surface area contributed by atoms with E-state index in [1.165, 1.54) is 44.9 Å². The molecule has 3 rings (SSSR count). The van der Waals surface area contributed by atoms with E-state index in [0.717, 1.165) is 11.8 Å². The quantitative estimate of drug-likeness (QED) is 0.452. The van der Waals surface area contributed by atoms with Crippen molar-refractivity contribution in [2.75, 3.05) is 0 Å². The normalized spacial score (nSPS) is 39.4. The summed E-state index contributed by atoms with van der Waals surface area (Å²) in [4.78, 5) is -0.135. The molecular formula is C12H20Cl2. The molecule has 0 aliphatic heterocycles. The molecule has 0 spiro atoms. The van der Waals surface area contributed by atoms with Crippen LogP contribution in [0.25, 0.3) is 0 Å². The summed E-state index contributed by atoms with van der Waals surface area (Å²) >= 11 is 11.7. The van der Waals surface area contributed by atoms with Gasteiger partial charge in [0.1, 0.15) is 4.84 Å². The zero-order chi connectivity index (χ0) is 10.2. The third-order valence-corrected chi connectivity index (χ3v) is 4.46. The fourth-order valence-electron chi connectivity index (χ4n) is 3.79. The van der Waals surface area contributed by atoms with Gasteiger partial charge in [0.2, 0.25) is 0 Å². The van der Waals surface area contributed by atoms with Crippen molar-refractivity contribution in [1.82, 2.24) is 0 Å². The Balaban J connectivity index is 1.67. The molecule has 0 aromatic heterocycles. The molecule has 0 nitrogen and oxygen atoms in total. The van der Waals surface area contributed by atoms with Crippen LogP contribution >= 0.6 is 23.2 Å². The largest absolute Gasteiger partial charge is 0.108 e. The summed E-state index contributed by atoms with van der Waals surface area (Å²) in [7, 11) is 0. The molecule has 0 heterocycles. The number of hydrogen-bond acceptors (Lipinski definition) is 0. The van der Waals surface area contributed by atoms with Crippen molar-refractivity contribution in [3.63, 3.8) is 0 Å². The molecule has 0 radical (unpaired) electrons. The van der Waals surface area contributed by atoms with Crippen LogP contribution in [0.4, 0.5) is 0 Å². The highest BCUT2D eigenvalue weighted by Crippen LogP contribution is 2.77. The summed E-state index contributed by atoms with van der Waals surface area (Å²) in [6, 6.07) is 0. The summed E-state index contributed by atoms with van der Waals surface area (Å²) in [6.45, 7) is 2.27. The second-order valence-corrected chi connectivity index (χ2v) is 6.86. The van der Waals surface area contributed by atoms with Crippen LogP contribution in [0.1, 0.15) is 58.3 Å². The molecule has 0 atom stereocenters. The fraction of sp³-hybridized carbons (Fsp3) is 1.00. The van der Waals surface area contributed by atoms with Gasteiger partial charge in [0.25, 0.3) is 0 Å². The second kappa shape index (κ2) is 3.87. The van der Waals surface area contributed by atoms with Gasteiger partial charge in [-0.25, -0.2) is 0 Å². The van der Waals surface area contributed by atoms with Gasteiger partial charge >= 0.3 is 0 Å². The molecule has 0 unspecified atom stereocenters. The van der Waals surface area contributed by atoms with Crippen LogP contribution < -0.4 is 0 Å². The van der Waals surface area contributed by atoms with Crippen LogP contribution in [0.5, 0.6) is 0 Å². The van der Waals surface area contributed by atoms with Crippen molar-refractivity contribution in [3.8, 4) is 0 Å². The summed E-state index contributed by atoms with van der Waals surface area (Å²) in [5, 5.41) is 0. The lowest BCUT2D eigenvalue weighted by molar-refractivity contribution is -0.210. The lowest BCUT2D eigenvalue weighted by Gasteiger charge is -2.72. The van der Waals surface area contributed by atoms with Crippen molar-refractivity contribution in [2.24, 2.45) is 10.8 Å². The van der Waals surface area contributed by atoms with Crippen molar-refractivity contribution in [1.29, 1.82) is 0 Å². The van der Waals surface area contributed by atoms with Crippen LogP contribution in [-0.4, -0.2) is 4.84 Å². The van der Waals surface area contributed by atoms with Gasteiger partial charge in [0.05, 0.1) is 0 Å². The Morgan fingerprint density at radius 3 is 2.21 bits per heavy atom. The van der Waals surface area contributed by atoms with E-state index in [9.17, 15) is 0 Å². The zero-order valence-electron chi connectivity index (χ0n) is 8.99. The predicted octanol–water partition coefficient (Wildman–Crippen LogP) is 4.93. The van der Waals surface area contributed by atoms with Gasteiger partial charge in [0, 0.05) is 0 Å². The Morgan fingerprint density at radius 1 is 1.07 bits per heavy atom. The minimum atomic E-state index is -0.135. The Bertz CT molecular complexity index is 191. The Morgan fingerprint density at radius 2 is 1.71 bits per heavy atom. The summed E-state index contributed by atoms with van der Waals surface area (Å²) < 4.78 is 0. The molecular weight excluding hydrogens is 215 g/mol. The van der Waals surface area contributed by atoms with Crippen molar-refractivity contribution in [2.45, 2.75) is 63.1 Å². The third kappa shape index (κ3) is 1.93. The third-order valence-electron chi connectivity index (χ3n) is 4.15. The van der Waals surface area contributed by atoms with Crippen molar-refractivity contribution in [3.05, 3.63) is 0 Å². The van der Waals surface area contributed by atoms with Gasteiger partial charge in [-0.2, -0.15) is 0 Å². The number of halogens is 2. The van der Waals surface area contributed by atoms with E-state index in [1.54, 1.807) is 0 Å².